The molecule has 0 rings (SSSR count). The van der Waals surface area contributed by atoms with Crippen LogP contribution < -0.4 is 10.6 Å². The maximum absolute atomic E-state index is 11.3. The third-order valence-electron chi connectivity index (χ3n) is 5.79. The predicted molar refractivity (Wildman–Crippen MR) is 137 cm³/mol. The number of nitriles is 1. The van der Waals surface area contributed by atoms with E-state index in [4.69, 9.17) is 14.7 Å². The highest BCUT2D eigenvalue weighted by molar-refractivity contribution is 5.80. The summed E-state index contributed by atoms with van der Waals surface area (Å²) in [7, 11) is 1.58. The quantitative estimate of drug-likeness (QED) is 0.232. The van der Waals surface area contributed by atoms with E-state index in [1.165, 1.54) is 0 Å². The third kappa shape index (κ3) is 19.3. The molecule has 0 aromatic rings. The zero-order chi connectivity index (χ0) is 27.4. The summed E-state index contributed by atoms with van der Waals surface area (Å²) in [5.41, 5.74) is -0.478. The van der Waals surface area contributed by atoms with E-state index in [0.717, 1.165) is 25.7 Å². The van der Waals surface area contributed by atoms with Crippen LogP contribution >= 0.6 is 0 Å². The first-order valence-corrected chi connectivity index (χ1v) is 12.3. The molecule has 0 saturated carbocycles. The number of methoxy groups -OCH3 is 1. The van der Waals surface area contributed by atoms with Gasteiger partial charge in [-0.25, -0.2) is 0 Å². The number of carbonyl (C=O) groups is 3. The van der Waals surface area contributed by atoms with Crippen molar-refractivity contribution in [2.45, 2.75) is 94.9 Å². The van der Waals surface area contributed by atoms with Crippen LogP contribution in [0.4, 0.5) is 0 Å². The maximum atomic E-state index is 11.3. The van der Waals surface area contributed by atoms with Gasteiger partial charge < -0.3 is 20.1 Å². The molecular weight excluding hydrogens is 434 g/mol. The number of amides is 2. The van der Waals surface area contributed by atoms with Crippen LogP contribution in [0, 0.1) is 34.0 Å². The normalized spacial score (nSPS) is 12.4. The lowest BCUT2D eigenvalue weighted by Gasteiger charge is -2.19. The van der Waals surface area contributed by atoms with E-state index in [9.17, 15) is 14.4 Å². The summed E-state index contributed by atoms with van der Waals surface area (Å²) >= 11 is 0. The van der Waals surface area contributed by atoms with Crippen molar-refractivity contribution in [3.8, 4) is 6.07 Å². The van der Waals surface area contributed by atoms with Crippen molar-refractivity contribution in [2.75, 3.05) is 27.0 Å². The molecule has 200 valence electrons. The van der Waals surface area contributed by atoms with Gasteiger partial charge in [-0.05, 0) is 53.4 Å². The smallest absolute Gasteiger partial charge is 0.311 e. The van der Waals surface area contributed by atoms with Crippen molar-refractivity contribution in [3.63, 3.8) is 0 Å². The average Bonchev–Trinajstić information content (AvgIpc) is 2.83. The summed E-state index contributed by atoms with van der Waals surface area (Å²) in [5.74, 6) is -0.165. The summed E-state index contributed by atoms with van der Waals surface area (Å²) in [4.78, 5) is 34.0. The molecule has 0 saturated heterocycles. The fourth-order valence-corrected chi connectivity index (χ4v) is 1.57. The Hall–Kier alpha value is -2.14. The zero-order valence-electron chi connectivity index (χ0n) is 23.6. The van der Waals surface area contributed by atoms with E-state index < -0.39 is 0 Å². The minimum Gasteiger partial charge on any atom is -0.463 e. The van der Waals surface area contributed by atoms with Crippen molar-refractivity contribution in [2.24, 2.45) is 22.7 Å². The first kappa shape index (κ1) is 36.4. The molecule has 0 aliphatic carbocycles. The molecular formula is C26H51N3O5. The van der Waals surface area contributed by atoms with Gasteiger partial charge in [0.25, 0.3) is 0 Å². The zero-order valence-corrected chi connectivity index (χ0v) is 23.6. The SMILES string of the molecule is CCC(C)(C)C#N.CCC(C)(C)C(=O)OCCOC.CCC(C)C(=O)NCNC(=O)C(C)CC. The van der Waals surface area contributed by atoms with Crippen molar-refractivity contribution in [1.29, 1.82) is 5.26 Å². The lowest BCUT2D eigenvalue weighted by molar-refractivity contribution is -0.155. The number of ether oxygens (including phenoxy) is 2. The second-order valence-corrected chi connectivity index (χ2v) is 9.59. The lowest BCUT2D eigenvalue weighted by atomic mass is 9.91. The van der Waals surface area contributed by atoms with E-state index in [1.54, 1.807) is 7.11 Å². The largest absolute Gasteiger partial charge is 0.463 e. The Morgan fingerprint density at radius 1 is 0.853 bits per heavy atom. The predicted octanol–water partition coefficient (Wildman–Crippen LogP) is 4.83. The van der Waals surface area contributed by atoms with E-state index in [-0.39, 0.29) is 47.1 Å². The highest BCUT2D eigenvalue weighted by Crippen LogP contribution is 2.21. The molecule has 0 bridgehead atoms. The number of hydrogen-bond donors (Lipinski definition) is 2. The topological polar surface area (TPSA) is 118 Å². The Kier molecular flexibility index (Phi) is 21.7. The molecule has 2 amide bonds. The maximum Gasteiger partial charge on any atom is 0.311 e. The summed E-state index contributed by atoms with van der Waals surface area (Å²) in [6.45, 7) is 20.3. The van der Waals surface area contributed by atoms with Gasteiger partial charge in [-0.1, -0.05) is 41.5 Å². The van der Waals surface area contributed by atoms with Crippen molar-refractivity contribution < 1.29 is 23.9 Å². The number of hydrogen-bond acceptors (Lipinski definition) is 6. The van der Waals surface area contributed by atoms with Gasteiger partial charge in [0.2, 0.25) is 11.8 Å². The second-order valence-electron chi connectivity index (χ2n) is 9.59. The second kappa shape index (κ2) is 20.3. The number of nitrogens with zero attached hydrogens (tertiary/aromatic N) is 1. The molecule has 0 aromatic heterocycles. The Morgan fingerprint density at radius 2 is 1.29 bits per heavy atom. The van der Waals surface area contributed by atoms with Crippen LogP contribution in [-0.2, 0) is 23.9 Å². The monoisotopic (exact) mass is 485 g/mol. The van der Waals surface area contributed by atoms with Crippen LogP contribution in [-0.4, -0.2) is 44.8 Å². The molecule has 0 fully saturated rings. The first-order valence-electron chi connectivity index (χ1n) is 12.3. The number of rotatable bonds is 12. The molecule has 2 N–H and O–H groups in total. The van der Waals surface area contributed by atoms with Crippen molar-refractivity contribution in [1.82, 2.24) is 10.6 Å². The Bertz CT molecular complexity index is 590. The van der Waals surface area contributed by atoms with Crippen LogP contribution in [0.3, 0.4) is 0 Å². The highest BCUT2D eigenvalue weighted by atomic mass is 16.6. The summed E-state index contributed by atoms with van der Waals surface area (Å²) in [6, 6.07) is 2.19. The van der Waals surface area contributed by atoms with E-state index >= 15 is 0 Å². The molecule has 34 heavy (non-hydrogen) atoms. The Morgan fingerprint density at radius 3 is 1.56 bits per heavy atom. The molecule has 2 atom stereocenters. The average molecular weight is 486 g/mol. The van der Waals surface area contributed by atoms with Gasteiger partial charge in [0.15, 0.2) is 0 Å². The van der Waals surface area contributed by atoms with Gasteiger partial charge in [-0.15, -0.1) is 0 Å². The molecule has 0 heterocycles. The summed E-state index contributed by atoms with van der Waals surface area (Å²) < 4.78 is 9.74. The molecule has 2 unspecified atom stereocenters. The lowest BCUT2D eigenvalue weighted by Crippen LogP contribution is -2.41. The van der Waals surface area contributed by atoms with Crippen LogP contribution in [0.15, 0.2) is 0 Å². The van der Waals surface area contributed by atoms with Crippen LogP contribution in [0.5, 0.6) is 0 Å². The Balaban J connectivity index is -0.000000452. The molecule has 8 heteroatoms. The van der Waals surface area contributed by atoms with Crippen molar-refractivity contribution in [3.05, 3.63) is 0 Å². The molecule has 0 radical (unpaired) electrons. The van der Waals surface area contributed by atoms with Crippen LogP contribution in [0.1, 0.15) is 94.9 Å². The summed E-state index contributed by atoms with van der Waals surface area (Å²) in [5, 5.41) is 13.7. The van der Waals surface area contributed by atoms with Gasteiger partial charge in [-0.3, -0.25) is 14.4 Å². The highest BCUT2D eigenvalue weighted by Gasteiger charge is 2.26. The fraction of sp³-hybridized carbons (Fsp3) is 0.846. The first-order chi connectivity index (χ1) is 15.7. The standard InChI is InChI=1S/C11H22N2O2.C9H18O3.C6H11N/c1-5-8(3)10(14)12-7-13-11(15)9(4)6-2;1-5-9(2,3)8(10)12-7-6-11-4;1-4-6(2,3)5-7/h8-9H,5-7H2,1-4H3,(H,12,14)(H,13,15);5-7H2,1-4H3;4H2,1-3H3. The van der Waals surface area contributed by atoms with E-state index in [2.05, 4.69) is 16.7 Å². The van der Waals surface area contributed by atoms with Crippen molar-refractivity contribution >= 4 is 17.8 Å². The Labute approximate surface area is 208 Å². The fourth-order valence-electron chi connectivity index (χ4n) is 1.57. The van der Waals surface area contributed by atoms with E-state index in [1.807, 2.05) is 69.2 Å². The van der Waals surface area contributed by atoms with Gasteiger partial charge in [0.05, 0.1) is 30.2 Å². The molecule has 8 nitrogen and oxygen atoms in total. The summed E-state index contributed by atoms with van der Waals surface area (Å²) in [6.07, 6.45) is 3.35. The van der Waals surface area contributed by atoms with Gasteiger partial charge >= 0.3 is 5.97 Å². The molecule has 0 aliphatic heterocycles. The van der Waals surface area contributed by atoms with E-state index in [0.29, 0.717) is 13.2 Å². The van der Waals surface area contributed by atoms with Gasteiger partial charge in [-0.2, -0.15) is 5.26 Å². The number of esters is 1. The minimum atomic E-state index is -0.367. The number of carbonyl (C=O) groups excluding carboxylic acids is 3. The van der Waals surface area contributed by atoms with Crippen LogP contribution in [0.25, 0.3) is 0 Å². The molecule has 0 aromatic carbocycles. The minimum absolute atomic E-state index is 0.00509. The molecule has 0 aliphatic rings. The van der Waals surface area contributed by atoms with Gasteiger partial charge in [0, 0.05) is 18.9 Å². The number of nitrogens with one attached hydrogen (secondary N) is 2. The molecule has 0 spiro atoms. The van der Waals surface area contributed by atoms with Crippen LogP contribution in [0.2, 0.25) is 0 Å². The third-order valence-corrected chi connectivity index (χ3v) is 5.79. The van der Waals surface area contributed by atoms with Gasteiger partial charge in [0.1, 0.15) is 6.61 Å².